The molecule has 0 bridgehead atoms. The van der Waals surface area contributed by atoms with Gasteiger partial charge in [0.25, 0.3) is 5.91 Å². The maximum atomic E-state index is 12.7. The molecule has 1 aliphatic rings. The molecule has 0 aliphatic carbocycles. The van der Waals surface area contributed by atoms with Crippen LogP contribution < -0.4 is 0 Å². The van der Waals surface area contributed by atoms with E-state index in [9.17, 15) is 4.79 Å². The molecule has 0 N–H and O–H groups in total. The summed E-state index contributed by atoms with van der Waals surface area (Å²) in [7, 11) is 0. The summed E-state index contributed by atoms with van der Waals surface area (Å²) >= 11 is 14.0. The molecule has 2 heterocycles. The van der Waals surface area contributed by atoms with E-state index in [1.165, 1.54) is 11.8 Å². The number of carbonyl (C=O) groups is 1. The average molecular weight is 422 g/mol. The van der Waals surface area contributed by atoms with Crippen LogP contribution in [0.2, 0.25) is 10.0 Å². The molecule has 1 fully saturated rings. The summed E-state index contributed by atoms with van der Waals surface area (Å²) in [5.74, 6) is 0.000269. The maximum Gasteiger partial charge on any atom is 0.266 e. The summed E-state index contributed by atoms with van der Waals surface area (Å²) < 4.78 is 2.06. The fourth-order valence-corrected chi connectivity index (χ4v) is 4.61. The largest absolute Gasteiger partial charge is 0.316 e. The smallest absolute Gasteiger partial charge is 0.266 e. The van der Waals surface area contributed by atoms with Crippen molar-refractivity contribution in [3.63, 3.8) is 0 Å². The minimum Gasteiger partial charge on any atom is -0.316 e. The molecular formula is C20H21Cl2N3OS. The first-order valence-corrected chi connectivity index (χ1v) is 10.3. The number of aryl methyl sites for hydroxylation is 1. The Morgan fingerprint density at radius 3 is 2.59 bits per heavy atom. The van der Waals surface area contributed by atoms with Crippen molar-refractivity contribution in [3.8, 4) is 5.69 Å². The van der Waals surface area contributed by atoms with Gasteiger partial charge in [-0.15, -0.1) is 0 Å². The lowest BCUT2D eigenvalue weighted by atomic mass is 10.2. The Morgan fingerprint density at radius 2 is 1.93 bits per heavy atom. The van der Waals surface area contributed by atoms with Gasteiger partial charge in [0.05, 0.1) is 15.6 Å². The number of likely N-dealkylation sites (N-methyl/N-ethyl adjacent to an activating group) is 1. The van der Waals surface area contributed by atoms with Crippen LogP contribution in [0.15, 0.2) is 34.2 Å². The lowest BCUT2D eigenvalue weighted by molar-refractivity contribution is -0.122. The Bertz CT molecular complexity index is 962. The van der Waals surface area contributed by atoms with Crippen LogP contribution in [-0.4, -0.2) is 33.6 Å². The van der Waals surface area contributed by atoms with E-state index in [2.05, 4.69) is 15.6 Å². The van der Waals surface area contributed by atoms with Crippen molar-refractivity contribution in [1.29, 1.82) is 0 Å². The molecule has 0 radical (unpaired) electrons. The summed E-state index contributed by atoms with van der Waals surface area (Å²) in [6, 6.07) is 7.46. The zero-order valence-corrected chi connectivity index (χ0v) is 18.0. The number of hydrogen-bond acceptors (Lipinski definition) is 3. The van der Waals surface area contributed by atoms with Gasteiger partial charge in [-0.1, -0.05) is 23.2 Å². The van der Waals surface area contributed by atoms with Gasteiger partial charge < -0.3 is 4.57 Å². The predicted molar refractivity (Wildman–Crippen MR) is 116 cm³/mol. The minimum atomic E-state index is 0.000269. The van der Waals surface area contributed by atoms with Gasteiger partial charge >= 0.3 is 0 Å². The standard InChI is InChI=1S/C20H21Cl2N3OS/c1-5-23-20-24(6-2)19(26)18(27-20)10-14-9-12(3)25(13(14)4)17-11-15(21)7-8-16(17)22/h7-11H,5-6H2,1-4H3/b18-10+,23-20?. The number of halogens is 2. The van der Waals surface area contributed by atoms with Gasteiger partial charge in [0.2, 0.25) is 0 Å². The van der Waals surface area contributed by atoms with Crippen molar-refractivity contribution < 1.29 is 4.79 Å². The van der Waals surface area contributed by atoms with Gasteiger partial charge in [-0.25, -0.2) is 0 Å². The lowest BCUT2D eigenvalue weighted by Gasteiger charge is -2.12. The molecular weight excluding hydrogens is 401 g/mol. The molecule has 7 heteroatoms. The first-order chi connectivity index (χ1) is 12.9. The maximum absolute atomic E-state index is 12.7. The zero-order chi connectivity index (χ0) is 19.7. The molecule has 2 aromatic rings. The lowest BCUT2D eigenvalue weighted by Crippen LogP contribution is -2.28. The number of aliphatic imine (C=N–C) groups is 1. The molecule has 0 saturated carbocycles. The number of thioether (sulfide) groups is 1. The van der Waals surface area contributed by atoms with E-state index in [-0.39, 0.29) is 5.91 Å². The molecule has 1 amide bonds. The second-order valence-corrected chi connectivity index (χ2v) is 8.03. The first kappa shape index (κ1) is 20.1. The van der Waals surface area contributed by atoms with E-state index in [1.54, 1.807) is 17.0 Å². The third-order valence-electron chi connectivity index (χ3n) is 4.40. The van der Waals surface area contributed by atoms with E-state index in [4.69, 9.17) is 23.2 Å². The second-order valence-electron chi connectivity index (χ2n) is 6.17. The summed E-state index contributed by atoms with van der Waals surface area (Å²) in [5.41, 5.74) is 3.83. The van der Waals surface area contributed by atoms with Gasteiger partial charge in [0.1, 0.15) is 0 Å². The van der Waals surface area contributed by atoms with Gasteiger partial charge in [-0.05, 0) is 75.4 Å². The SMILES string of the molecule is CCN=C1S/C(=C/c2cc(C)n(-c3cc(Cl)ccc3Cl)c2C)C(=O)N1CC. The number of aromatic nitrogens is 1. The van der Waals surface area contributed by atoms with E-state index in [0.717, 1.165) is 27.8 Å². The number of amides is 1. The quantitative estimate of drug-likeness (QED) is 0.592. The number of benzene rings is 1. The van der Waals surface area contributed by atoms with Crippen molar-refractivity contribution in [2.24, 2.45) is 4.99 Å². The van der Waals surface area contributed by atoms with Crippen molar-refractivity contribution in [1.82, 2.24) is 9.47 Å². The molecule has 0 spiro atoms. The van der Waals surface area contributed by atoms with Gasteiger partial charge in [0, 0.05) is 29.5 Å². The highest BCUT2D eigenvalue weighted by Gasteiger charge is 2.32. The normalized spacial score (nSPS) is 17.6. The van der Waals surface area contributed by atoms with Gasteiger partial charge in [0.15, 0.2) is 5.17 Å². The Kier molecular flexibility index (Phi) is 6.04. The third-order valence-corrected chi connectivity index (χ3v) is 6.00. The van der Waals surface area contributed by atoms with Crippen LogP contribution in [0.3, 0.4) is 0 Å². The van der Waals surface area contributed by atoms with Gasteiger partial charge in [-0.2, -0.15) is 0 Å². The van der Waals surface area contributed by atoms with Crippen LogP contribution in [0.1, 0.15) is 30.8 Å². The Labute approximate surface area is 173 Å². The summed E-state index contributed by atoms with van der Waals surface area (Å²) in [4.78, 5) is 19.5. The number of nitrogens with zero attached hydrogens (tertiary/aromatic N) is 3. The minimum absolute atomic E-state index is 0.000269. The fourth-order valence-electron chi connectivity index (χ4n) is 3.14. The molecule has 3 rings (SSSR count). The van der Waals surface area contributed by atoms with E-state index < -0.39 is 0 Å². The average Bonchev–Trinajstić information content (AvgIpc) is 3.07. The van der Waals surface area contributed by atoms with Crippen molar-refractivity contribution in [3.05, 3.63) is 56.2 Å². The van der Waals surface area contributed by atoms with Crippen molar-refractivity contribution in [2.45, 2.75) is 27.7 Å². The number of hydrogen-bond donors (Lipinski definition) is 0. The third kappa shape index (κ3) is 3.82. The summed E-state index contributed by atoms with van der Waals surface area (Å²) in [6.07, 6.45) is 1.94. The molecule has 1 aromatic heterocycles. The zero-order valence-electron chi connectivity index (χ0n) is 15.7. The number of rotatable bonds is 4. The number of carbonyl (C=O) groups excluding carboxylic acids is 1. The van der Waals surface area contributed by atoms with E-state index in [0.29, 0.717) is 28.0 Å². The predicted octanol–water partition coefficient (Wildman–Crippen LogP) is 5.71. The number of amidine groups is 1. The molecule has 0 unspecified atom stereocenters. The molecule has 27 heavy (non-hydrogen) atoms. The monoisotopic (exact) mass is 421 g/mol. The highest BCUT2D eigenvalue weighted by atomic mass is 35.5. The van der Waals surface area contributed by atoms with Crippen molar-refractivity contribution >= 4 is 52.1 Å². The van der Waals surface area contributed by atoms with E-state index in [1.807, 2.05) is 39.8 Å². The van der Waals surface area contributed by atoms with Crippen LogP contribution >= 0.6 is 35.0 Å². The van der Waals surface area contributed by atoms with Crippen LogP contribution in [0.25, 0.3) is 11.8 Å². The second kappa shape index (κ2) is 8.13. The van der Waals surface area contributed by atoms with Crippen LogP contribution in [0.5, 0.6) is 0 Å². The van der Waals surface area contributed by atoms with Crippen LogP contribution in [0, 0.1) is 13.8 Å². The molecule has 1 aromatic carbocycles. The molecule has 1 saturated heterocycles. The molecule has 4 nitrogen and oxygen atoms in total. The first-order valence-electron chi connectivity index (χ1n) is 8.77. The van der Waals surface area contributed by atoms with E-state index >= 15 is 0 Å². The van der Waals surface area contributed by atoms with Crippen LogP contribution in [-0.2, 0) is 4.79 Å². The Hall–Kier alpha value is -1.69. The highest BCUT2D eigenvalue weighted by Crippen LogP contribution is 2.35. The molecule has 142 valence electrons. The highest BCUT2D eigenvalue weighted by molar-refractivity contribution is 8.18. The molecule has 1 aliphatic heterocycles. The fraction of sp³-hybridized carbons (Fsp3) is 0.300. The summed E-state index contributed by atoms with van der Waals surface area (Å²) in [5, 5.41) is 2.02. The molecule has 0 atom stereocenters. The Balaban J connectivity index is 2.05. The van der Waals surface area contributed by atoms with Crippen molar-refractivity contribution in [2.75, 3.05) is 13.1 Å². The topological polar surface area (TPSA) is 37.6 Å². The Morgan fingerprint density at radius 1 is 1.19 bits per heavy atom. The summed E-state index contributed by atoms with van der Waals surface area (Å²) in [6.45, 7) is 9.22. The van der Waals surface area contributed by atoms with Gasteiger partial charge in [-0.3, -0.25) is 14.7 Å². The van der Waals surface area contributed by atoms with Crippen LogP contribution in [0.4, 0.5) is 0 Å².